The summed E-state index contributed by atoms with van der Waals surface area (Å²) in [5, 5.41) is 4.57. The van der Waals surface area contributed by atoms with E-state index in [4.69, 9.17) is 0 Å². The zero-order valence-corrected chi connectivity index (χ0v) is 12.5. The van der Waals surface area contributed by atoms with Crippen molar-refractivity contribution in [2.75, 3.05) is 0 Å². The van der Waals surface area contributed by atoms with Crippen LogP contribution in [0.25, 0.3) is 0 Å². The molecule has 1 saturated carbocycles. The average Bonchev–Trinajstić information content (AvgIpc) is 2.94. The third kappa shape index (κ3) is 4.48. The molecule has 0 N–H and O–H groups in total. The van der Waals surface area contributed by atoms with Crippen molar-refractivity contribution in [3.63, 3.8) is 0 Å². The first kappa shape index (κ1) is 14.3. The van der Waals surface area contributed by atoms with Crippen LogP contribution >= 0.6 is 0 Å². The minimum Gasteiger partial charge on any atom is -0.299 e. The first-order valence-electron chi connectivity index (χ1n) is 7.50. The highest BCUT2D eigenvalue weighted by atomic mass is 16.1. The number of aromatic nitrogens is 2. The summed E-state index contributed by atoms with van der Waals surface area (Å²) in [7, 11) is 0. The molecule has 1 fully saturated rings. The number of ketones is 1. The van der Waals surface area contributed by atoms with E-state index < -0.39 is 0 Å². The van der Waals surface area contributed by atoms with Gasteiger partial charge in [0.05, 0.1) is 18.2 Å². The van der Waals surface area contributed by atoms with E-state index in [2.05, 4.69) is 30.6 Å². The van der Waals surface area contributed by atoms with Gasteiger partial charge in [-0.15, -0.1) is 0 Å². The minimum atomic E-state index is 0.235. The van der Waals surface area contributed by atoms with E-state index in [1.807, 2.05) is 12.3 Å². The maximum Gasteiger partial charge on any atom is 0.138 e. The fraction of sp³-hybridized carbons (Fsp3) is 0.750. The van der Waals surface area contributed by atoms with Crippen LogP contribution in [0.3, 0.4) is 0 Å². The molecule has 0 saturated heterocycles. The van der Waals surface area contributed by atoms with Gasteiger partial charge in [0.2, 0.25) is 0 Å². The summed E-state index contributed by atoms with van der Waals surface area (Å²) in [6, 6.07) is 2.58. The first-order chi connectivity index (χ1) is 8.94. The lowest BCUT2D eigenvalue weighted by molar-refractivity contribution is -0.119. The van der Waals surface area contributed by atoms with Crippen LogP contribution in [0.5, 0.6) is 0 Å². The van der Waals surface area contributed by atoms with E-state index in [0.29, 0.717) is 24.7 Å². The molecule has 1 aliphatic carbocycles. The van der Waals surface area contributed by atoms with Gasteiger partial charge in [0.25, 0.3) is 0 Å². The molecule has 19 heavy (non-hydrogen) atoms. The molecule has 0 aromatic carbocycles. The van der Waals surface area contributed by atoms with Crippen molar-refractivity contribution in [1.29, 1.82) is 0 Å². The van der Waals surface area contributed by atoms with Gasteiger partial charge in [0.1, 0.15) is 5.78 Å². The molecule has 0 atom stereocenters. The Hall–Kier alpha value is -1.12. The van der Waals surface area contributed by atoms with Gasteiger partial charge >= 0.3 is 0 Å². The molecule has 3 heteroatoms. The lowest BCUT2D eigenvalue weighted by Gasteiger charge is -2.16. The van der Waals surface area contributed by atoms with Gasteiger partial charge < -0.3 is 0 Å². The molecule has 0 bridgehead atoms. The summed E-state index contributed by atoms with van der Waals surface area (Å²) in [4.78, 5) is 11.9. The van der Waals surface area contributed by atoms with E-state index in [9.17, 15) is 4.79 Å². The topological polar surface area (TPSA) is 34.9 Å². The SMILES string of the molecule is CC(C)(C)CCC(=O)Cc1ccn(C2CCCC2)n1. The fourth-order valence-corrected chi connectivity index (χ4v) is 2.65. The summed E-state index contributed by atoms with van der Waals surface area (Å²) in [6.45, 7) is 6.53. The Balaban J connectivity index is 1.84. The molecule has 1 aromatic heterocycles. The third-order valence-electron chi connectivity index (χ3n) is 3.89. The Kier molecular flexibility index (Phi) is 4.43. The standard InChI is InChI=1S/C16H26N2O/c1-16(2,3)10-8-15(19)12-13-9-11-18(17-13)14-6-4-5-7-14/h9,11,14H,4-8,10,12H2,1-3H3. The first-order valence-corrected chi connectivity index (χ1v) is 7.50. The monoisotopic (exact) mass is 262 g/mol. The maximum atomic E-state index is 11.9. The molecule has 0 spiro atoms. The number of nitrogens with zero attached hydrogens (tertiary/aromatic N) is 2. The zero-order chi connectivity index (χ0) is 13.9. The second kappa shape index (κ2) is 5.89. The summed E-state index contributed by atoms with van der Waals surface area (Å²) in [6.07, 6.45) is 9.25. The maximum absolute atomic E-state index is 11.9. The zero-order valence-electron chi connectivity index (χ0n) is 12.5. The molecule has 0 amide bonds. The Morgan fingerprint density at radius 2 is 2.05 bits per heavy atom. The molecule has 0 unspecified atom stereocenters. The molecule has 2 rings (SSSR count). The second-order valence-corrected chi connectivity index (χ2v) is 7.00. The van der Waals surface area contributed by atoms with Gasteiger partial charge in [-0.3, -0.25) is 9.48 Å². The summed E-state index contributed by atoms with van der Waals surface area (Å²) in [5.41, 5.74) is 1.17. The molecule has 0 aliphatic heterocycles. The molecule has 106 valence electrons. The van der Waals surface area contributed by atoms with Crippen LogP contribution in [0, 0.1) is 5.41 Å². The van der Waals surface area contributed by atoms with Crippen LogP contribution in [0.15, 0.2) is 12.3 Å². The van der Waals surface area contributed by atoms with E-state index >= 15 is 0 Å². The third-order valence-corrected chi connectivity index (χ3v) is 3.89. The molecule has 1 aromatic rings. The smallest absolute Gasteiger partial charge is 0.138 e. The van der Waals surface area contributed by atoms with Crippen LogP contribution in [0.4, 0.5) is 0 Å². The van der Waals surface area contributed by atoms with Crippen LogP contribution < -0.4 is 0 Å². The van der Waals surface area contributed by atoms with Crippen molar-refractivity contribution in [2.24, 2.45) is 5.41 Å². The molecular weight excluding hydrogens is 236 g/mol. The Bertz CT molecular complexity index is 422. The van der Waals surface area contributed by atoms with Crippen molar-refractivity contribution < 1.29 is 4.79 Å². The number of hydrogen-bond acceptors (Lipinski definition) is 2. The predicted octanol–water partition coefficient (Wildman–Crippen LogP) is 3.94. The molecular formula is C16H26N2O. The number of carbonyl (C=O) groups is 1. The Morgan fingerprint density at radius 1 is 1.37 bits per heavy atom. The van der Waals surface area contributed by atoms with Gasteiger partial charge in [-0.05, 0) is 30.7 Å². The average molecular weight is 262 g/mol. The summed E-state index contributed by atoms with van der Waals surface area (Å²) in [5.74, 6) is 0.312. The van der Waals surface area contributed by atoms with Crippen molar-refractivity contribution in [2.45, 2.75) is 71.8 Å². The fourth-order valence-electron chi connectivity index (χ4n) is 2.65. The highest BCUT2D eigenvalue weighted by molar-refractivity contribution is 5.80. The number of carbonyl (C=O) groups excluding carboxylic acids is 1. The lowest BCUT2D eigenvalue weighted by atomic mass is 9.89. The van der Waals surface area contributed by atoms with Crippen LogP contribution in [-0.2, 0) is 11.2 Å². The number of Topliss-reactive ketones (excluding diaryl/α,β-unsaturated/α-hetero) is 1. The Labute approximate surface area is 116 Å². The van der Waals surface area contributed by atoms with E-state index in [1.54, 1.807) is 0 Å². The van der Waals surface area contributed by atoms with Crippen LogP contribution in [0.2, 0.25) is 0 Å². The van der Waals surface area contributed by atoms with Crippen molar-refractivity contribution in [3.05, 3.63) is 18.0 Å². The van der Waals surface area contributed by atoms with Crippen LogP contribution in [-0.4, -0.2) is 15.6 Å². The normalized spacial score (nSPS) is 17.0. The van der Waals surface area contributed by atoms with Gasteiger partial charge in [-0.2, -0.15) is 5.10 Å². The summed E-state index contributed by atoms with van der Waals surface area (Å²) >= 11 is 0. The Morgan fingerprint density at radius 3 is 2.68 bits per heavy atom. The van der Waals surface area contributed by atoms with E-state index in [0.717, 1.165) is 12.1 Å². The van der Waals surface area contributed by atoms with Gasteiger partial charge in [-0.25, -0.2) is 0 Å². The van der Waals surface area contributed by atoms with Gasteiger partial charge in [0.15, 0.2) is 0 Å². The quantitative estimate of drug-likeness (QED) is 0.805. The molecule has 3 nitrogen and oxygen atoms in total. The second-order valence-electron chi connectivity index (χ2n) is 7.00. The van der Waals surface area contributed by atoms with Crippen molar-refractivity contribution in [1.82, 2.24) is 9.78 Å². The number of hydrogen-bond donors (Lipinski definition) is 0. The molecule has 0 radical (unpaired) electrons. The predicted molar refractivity (Wildman–Crippen MR) is 77.1 cm³/mol. The highest BCUT2D eigenvalue weighted by Crippen LogP contribution is 2.28. The van der Waals surface area contributed by atoms with Crippen molar-refractivity contribution in [3.8, 4) is 0 Å². The van der Waals surface area contributed by atoms with E-state index in [-0.39, 0.29) is 5.41 Å². The minimum absolute atomic E-state index is 0.235. The van der Waals surface area contributed by atoms with Gasteiger partial charge in [0, 0.05) is 12.6 Å². The molecule has 1 aliphatic rings. The van der Waals surface area contributed by atoms with Gasteiger partial charge in [-0.1, -0.05) is 33.6 Å². The lowest BCUT2D eigenvalue weighted by Crippen LogP contribution is -2.11. The summed E-state index contributed by atoms with van der Waals surface area (Å²) < 4.78 is 2.07. The van der Waals surface area contributed by atoms with E-state index in [1.165, 1.54) is 25.7 Å². The molecule has 1 heterocycles. The number of rotatable bonds is 5. The largest absolute Gasteiger partial charge is 0.299 e. The van der Waals surface area contributed by atoms with Crippen LogP contribution in [0.1, 0.15) is 71.0 Å². The highest BCUT2D eigenvalue weighted by Gasteiger charge is 2.18. The van der Waals surface area contributed by atoms with Crippen molar-refractivity contribution >= 4 is 5.78 Å².